The van der Waals surface area contributed by atoms with Gasteiger partial charge in [0.1, 0.15) is 11.3 Å². The molecule has 0 heterocycles. The van der Waals surface area contributed by atoms with Gasteiger partial charge >= 0.3 is 5.97 Å². The fraction of sp³-hybridized carbons (Fsp3) is 0.500. The summed E-state index contributed by atoms with van der Waals surface area (Å²) in [4.78, 5) is 11.3. The summed E-state index contributed by atoms with van der Waals surface area (Å²) < 4.78 is 31.8. The molecule has 1 aromatic carbocycles. The van der Waals surface area contributed by atoms with Gasteiger partial charge in [-0.05, 0) is 38.0 Å². The summed E-state index contributed by atoms with van der Waals surface area (Å²) in [5.74, 6) is -1.02. The number of nitrogens with zero attached hydrogens (tertiary/aromatic N) is 1. The van der Waals surface area contributed by atoms with Crippen LogP contribution in [0.3, 0.4) is 0 Å². The smallest absolute Gasteiger partial charge is 0.339 e. The minimum absolute atomic E-state index is 0.00268. The highest BCUT2D eigenvalue weighted by atomic mass is 32.2. The number of sulfonamides is 1. The van der Waals surface area contributed by atoms with Gasteiger partial charge in [-0.25, -0.2) is 13.2 Å². The number of hydrogen-bond acceptors (Lipinski definition) is 4. The SMILES string of the molecule is CCOc1ccc(S(=O)(=O)N(CC)C2CC2)cc1C(=O)O. The molecule has 1 aromatic rings. The van der Waals surface area contributed by atoms with E-state index < -0.39 is 16.0 Å². The lowest BCUT2D eigenvalue weighted by molar-refractivity contribution is 0.0692. The van der Waals surface area contributed by atoms with Crippen molar-refractivity contribution in [3.63, 3.8) is 0 Å². The van der Waals surface area contributed by atoms with Crippen LogP contribution in [0.15, 0.2) is 23.1 Å². The molecule has 6 nitrogen and oxygen atoms in total. The van der Waals surface area contributed by atoms with E-state index in [1.54, 1.807) is 13.8 Å². The van der Waals surface area contributed by atoms with Gasteiger partial charge in [0.25, 0.3) is 0 Å². The van der Waals surface area contributed by atoms with Gasteiger partial charge in [0, 0.05) is 12.6 Å². The monoisotopic (exact) mass is 313 g/mol. The molecule has 116 valence electrons. The second-order valence-corrected chi connectivity index (χ2v) is 6.73. The second kappa shape index (κ2) is 6.03. The number of carboxylic acid groups (broad SMARTS) is 1. The van der Waals surface area contributed by atoms with Crippen molar-refractivity contribution in [1.29, 1.82) is 0 Å². The maximum atomic E-state index is 12.6. The van der Waals surface area contributed by atoms with Crippen molar-refractivity contribution in [3.05, 3.63) is 23.8 Å². The summed E-state index contributed by atoms with van der Waals surface area (Å²) in [5.41, 5.74) is -0.134. The maximum Gasteiger partial charge on any atom is 0.339 e. The first-order chi connectivity index (χ1) is 9.91. The molecule has 0 unspecified atom stereocenters. The van der Waals surface area contributed by atoms with Crippen molar-refractivity contribution >= 4 is 16.0 Å². The number of hydrogen-bond donors (Lipinski definition) is 1. The van der Waals surface area contributed by atoms with E-state index in [1.807, 2.05) is 0 Å². The first kappa shape index (κ1) is 15.8. The zero-order chi connectivity index (χ0) is 15.6. The molecule has 21 heavy (non-hydrogen) atoms. The van der Waals surface area contributed by atoms with Crippen LogP contribution in [0.1, 0.15) is 37.0 Å². The van der Waals surface area contributed by atoms with E-state index in [0.29, 0.717) is 13.2 Å². The fourth-order valence-corrected chi connectivity index (χ4v) is 3.96. The van der Waals surface area contributed by atoms with Crippen molar-refractivity contribution in [2.45, 2.75) is 37.6 Å². The van der Waals surface area contributed by atoms with Crippen molar-refractivity contribution in [2.75, 3.05) is 13.2 Å². The van der Waals surface area contributed by atoms with E-state index in [4.69, 9.17) is 4.74 Å². The van der Waals surface area contributed by atoms with Crippen LogP contribution in [0, 0.1) is 0 Å². The Morgan fingerprint density at radius 2 is 2.05 bits per heavy atom. The Kier molecular flexibility index (Phi) is 4.53. The Morgan fingerprint density at radius 3 is 2.52 bits per heavy atom. The molecule has 0 bridgehead atoms. The van der Waals surface area contributed by atoms with Crippen LogP contribution in [0.4, 0.5) is 0 Å². The van der Waals surface area contributed by atoms with Crippen molar-refractivity contribution < 1.29 is 23.1 Å². The van der Waals surface area contributed by atoms with Gasteiger partial charge in [0.15, 0.2) is 0 Å². The Labute approximate surface area is 124 Å². The molecule has 1 aliphatic carbocycles. The van der Waals surface area contributed by atoms with Crippen LogP contribution < -0.4 is 4.74 Å². The van der Waals surface area contributed by atoms with Gasteiger partial charge in [-0.1, -0.05) is 6.92 Å². The highest BCUT2D eigenvalue weighted by Gasteiger charge is 2.37. The number of carboxylic acids is 1. The minimum Gasteiger partial charge on any atom is -0.493 e. The predicted octanol–water partition coefficient (Wildman–Crippen LogP) is 1.96. The summed E-state index contributed by atoms with van der Waals surface area (Å²) in [6.45, 7) is 4.21. The summed E-state index contributed by atoms with van der Waals surface area (Å²) in [7, 11) is -3.66. The largest absolute Gasteiger partial charge is 0.493 e. The number of carbonyl (C=O) groups is 1. The van der Waals surface area contributed by atoms with Crippen LogP contribution >= 0.6 is 0 Å². The summed E-state index contributed by atoms with van der Waals surface area (Å²) in [6.07, 6.45) is 1.71. The fourth-order valence-electron chi connectivity index (χ4n) is 2.24. The number of benzene rings is 1. The summed E-state index contributed by atoms with van der Waals surface area (Å²) in [6, 6.07) is 4.02. The van der Waals surface area contributed by atoms with Crippen LogP contribution in [0.25, 0.3) is 0 Å². The van der Waals surface area contributed by atoms with Crippen LogP contribution in [0.2, 0.25) is 0 Å². The Balaban J connectivity index is 2.44. The van der Waals surface area contributed by atoms with Gasteiger partial charge in [0.2, 0.25) is 10.0 Å². The molecule has 0 amide bonds. The molecule has 0 spiro atoms. The lowest BCUT2D eigenvalue weighted by Crippen LogP contribution is -2.33. The third-order valence-electron chi connectivity index (χ3n) is 3.35. The van der Waals surface area contributed by atoms with Crippen molar-refractivity contribution in [3.8, 4) is 5.75 Å². The van der Waals surface area contributed by atoms with E-state index in [-0.39, 0.29) is 22.3 Å². The molecule has 1 N–H and O–H groups in total. The normalized spacial score (nSPS) is 15.2. The molecular weight excluding hydrogens is 294 g/mol. The van der Waals surface area contributed by atoms with E-state index >= 15 is 0 Å². The Morgan fingerprint density at radius 1 is 1.38 bits per heavy atom. The molecule has 1 aliphatic rings. The van der Waals surface area contributed by atoms with E-state index in [2.05, 4.69) is 0 Å². The standard InChI is InChI=1S/C14H19NO5S/c1-3-15(10-5-6-10)21(18,19)11-7-8-13(20-4-2)12(9-11)14(16)17/h7-10H,3-6H2,1-2H3,(H,16,17). The molecule has 7 heteroatoms. The third-order valence-corrected chi connectivity index (χ3v) is 5.38. The van der Waals surface area contributed by atoms with Crippen molar-refractivity contribution in [1.82, 2.24) is 4.31 Å². The quantitative estimate of drug-likeness (QED) is 0.832. The molecule has 1 saturated carbocycles. The van der Waals surface area contributed by atoms with Gasteiger partial charge in [-0.3, -0.25) is 0 Å². The maximum absolute atomic E-state index is 12.6. The third kappa shape index (κ3) is 3.19. The summed E-state index contributed by atoms with van der Waals surface area (Å²) in [5, 5.41) is 9.21. The zero-order valence-corrected chi connectivity index (χ0v) is 12.9. The number of rotatable bonds is 7. The first-order valence-corrected chi connectivity index (χ1v) is 8.37. The molecular formula is C14H19NO5S. The Hall–Kier alpha value is -1.60. The van der Waals surface area contributed by atoms with Crippen molar-refractivity contribution in [2.24, 2.45) is 0 Å². The first-order valence-electron chi connectivity index (χ1n) is 6.93. The average Bonchev–Trinajstić information content (AvgIpc) is 3.24. The van der Waals surface area contributed by atoms with Crippen LogP contribution in [-0.4, -0.2) is 43.0 Å². The van der Waals surface area contributed by atoms with Crippen LogP contribution in [-0.2, 0) is 10.0 Å². The number of aromatic carboxylic acids is 1. The second-order valence-electron chi connectivity index (χ2n) is 4.84. The predicted molar refractivity (Wildman–Crippen MR) is 77.2 cm³/mol. The Bertz CT molecular complexity index is 637. The van der Waals surface area contributed by atoms with E-state index in [9.17, 15) is 18.3 Å². The molecule has 0 radical (unpaired) electrons. The lowest BCUT2D eigenvalue weighted by atomic mass is 10.2. The molecule has 0 atom stereocenters. The topological polar surface area (TPSA) is 83.9 Å². The minimum atomic E-state index is -3.66. The number of ether oxygens (including phenoxy) is 1. The summed E-state index contributed by atoms with van der Waals surface area (Å²) >= 11 is 0. The molecule has 0 saturated heterocycles. The van der Waals surface area contributed by atoms with E-state index in [0.717, 1.165) is 12.8 Å². The van der Waals surface area contributed by atoms with Gasteiger partial charge < -0.3 is 9.84 Å². The molecule has 0 aliphatic heterocycles. The molecule has 0 aromatic heterocycles. The van der Waals surface area contributed by atoms with Gasteiger partial charge in [0.05, 0.1) is 11.5 Å². The lowest BCUT2D eigenvalue weighted by Gasteiger charge is -2.20. The zero-order valence-electron chi connectivity index (χ0n) is 12.1. The van der Waals surface area contributed by atoms with Gasteiger partial charge in [-0.15, -0.1) is 0 Å². The van der Waals surface area contributed by atoms with Crippen LogP contribution in [0.5, 0.6) is 5.75 Å². The highest BCUT2D eigenvalue weighted by molar-refractivity contribution is 7.89. The molecule has 2 rings (SSSR count). The van der Waals surface area contributed by atoms with E-state index in [1.165, 1.54) is 22.5 Å². The molecule has 1 fully saturated rings. The van der Waals surface area contributed by atoms with Gasteiger partial charge in [-0.2, -0.15) is 4.31 Å². The highest BCUT2D eigenvalue weighted by Crippen LogP contribution is 2.33. The average molecular weight is 313 g/mol.